The number of aliphatic carboxylic acids is 2. The van der Waals surface area contributed by atoms with Crippen molar-refractivity contribution in [3.8, 4) is 0 Å². The third kappa shape index (κ3) is 11.3. The van der Waals surface area contributed by atoms with Gasteiger partial charge in [0.1, 0.15) is 0 Å². The molecule has 0 amide bonds. The Balaban J connectivity index is 0. The summed E-state index contributed by atoms with van der Waals surface area (Å²) in [6.45, 7) is 3.96. The van der Waals surface area contributed by atoms with Crippen LogP contribution in [0.1, 0.15) is 52.4 Å². The van der Waals surface area contributed by atoms with Gasteiger partial charge in [-0.05, 0) is 12.8 Å². The van der Waals surface area contributed by atoms with Crippen LogP contribution < -0.4 is 10.2 Å². The molecule has 19 heavy (non-hydrogen) atoms. The molecule has 106 valence electrons. The SMILES string of the molecule is CCCCC(SSC(CCCC)C(=O)[O-])C(=O)[O-].[Ca+2]. The standard InChI is InChI=1S/C12H22O4S2.Ca/c1-3-5-7-9(11(13)14)17-18-10(12(15)16)8-6-4-2;/h9-10H,3-8H2,1-2H3,(H,13,14)(H,15,16);/q;+2/p-2. The average molecular weight is 332 g/mol. The fourth-order valence-electron chi connectivity index (χ4n) is 1.32. The van der Waals surface area contributed by atoms with E-state index in [4.69, 9.17) is 0 Å². The predicted octanol–water partition coefficient (Wildman–Crippen LogP) is 0.604. The zero-order chi connectivity index (χ0) is 14.0. The number of hydrogen-bond acceptors (Lipinski definition) is 6. The first kappa shape index (κ1) is 22.2. The Morgan fingerprint density at radius 2 is 1.21 bits per heavy atom. The van der Waals surface area contributed by atoms with E-state index in [9.17, 15) is 19.8 Å². The second kappa shape index (κ2) is 13.9. The van der Waals surface area contributed by atoms with Crippen LogP contribution >= 0.6 is 21.6 Å². The Morgan fingerprint density at radius 3 is 1.42 bits per heavy atom. The van der Waals surface area contributed by atoms with E-state index < -0.39 is 22.4 Å². The van der Waals surface area contributed by atoms with E-state index in [0.717, 1.165) is 47.3 Å². The fourth-order valence-corrected chi connectivity index (χ4v) is 4.13. The van der Waals surface area contributed by atoms with Crippen molar-refractivity contribution in [1.82, 2.24) is 0 Å². The molecule has 0 aliphatic carbocycles. The van der Waals surface area contributed by atoms with Crippen molar-refractivity contribution >= 4 is 71.3 Å². The molecule has 0 aromatic heterocycles. The van der Waals surface area contributed by atoms with Crippen LogP contribution in [0.2, 0.25) is 0 Å². The minimum absolute atomic E-state index is 0. The molecule has 0 aliphatic rings. The van der Waals surface area contributed by atoms with Gasteiger partial charge in [-0.3, -0.25) is 0 Å². The molecule has 0 N–H and O–H groups in total. The zero-order valence-electron chi connectivity index (χ0n) is 11.6. The number of rotatable bonds is 11. The first-order valence-electron chi connectivity index (χ1n) is 6.26. The van der Waals surface area contributed by atoms with Crippen molar-refractivity contribution in [3.05, 3.63) is 0 Å². The van der Waals surface area contributed by atoms with Gasteiger partial charge in [-0.2, -0.15) is 0 Å². The molecule has 2 atom stereocenters. The Morgan fingerprint density at radius 1 is 0.895 bits per heavy atom. The van der Waals surface area contributed by atoms with Crippen LogP contribution in [0.4, 0.5) is 0 Å². The molecule has 0 rings (SSSR count). The molecule has 0 aliphatic heterocycles. The summed E-state index contributed by atoms with van der Waals surface area (Å²) in [4.78, 5) is 21.8. The molecule has 0 aromatic carbocycles. The molecule has 0 radical (unpaired) electrons. The fraction of sp³-hybridized carbons (Fsp3) is 0.833. The Kier molecular flexibility index (Phi) is 16.2. The molecule has 0 bridgehead atoms. The average Bonchev–Trinajstić information content (AvgIpc) is 2.31. The van der Waals surface area contributed by atoms with Crippen LogP contribution in [0.15, 0.2) is 0 Å². The minimum atomic E-state index is -1.12. The molecule has 0 spiro atoms. The van der Waals surface area contributed by atoms with E-state index in [1.165, 1.54) is 0 Å². The molecule has 2 unspecified atom stereocenters. The van der Waals surface area contributed by atoms with Gasteiger partial charge in [-0.15, -0.1) is 0 Å². The molecule has 0 saturated heterocycles. The summed E-state index contributed by atoms with van der Waals surface area (Å²) in [5.41, 5.74) is 0. The quantitative estimate of drug-likeness (QED) is 0.407. The zero-order valence-corrected chi connectivity index (χ0v) is 15.4. The number of carbonyl (C=O) groups is 2. The van der Waals surface area contributed by atoms with Crippen molar-refractivity contribution in [2.75, 3.05) is 0 Å². The van der Waals surface area contributed by atoms with Crippen LogP contribution in [-0.4, -0.2) is 60.2 Å². The van der Waals surface area contributed by atoms with Crippen molar-refractivity contribution in [2.45, 2.75) is 62.9 Å². The topological polar surface area (TPSA) is 80.3 Å². The molecular weight excluding hydrogens is 312 g/mol. The predicted molar refractivity (Wildman–Crippen MR) is 77.6 cm³/mol. The van der Waals surface area contributed by atoms with Crippen LogP contribution in [0.5, 0.6) is 0 Å². The maximum atomic E-state index is 10.9. The third-order valence-electron chi connectivity index (χ3n) is 2.45. The number of hydrogen-bond donors (Lipinski definition) is 0. The molecular formula is C12H20CaO4S2. The molecule has 0 fully saturated rings. The number of carboxylic acid groups (broad SMARTS) is 2. The van der Waals surface area contributed by atoms with Crippen LogP contribution in [0.3, 0.4) is 0 Å². The van der Waals surface area contributed by atoms with Crippen molar-refractivity contribution in [1.29, 1.82) is 0 Å². The van der Waals surface area contributed by atoms with Crippen molar-refractivity contribution in [3.63, 3.8) is 0 Å². The molecule has 4 nitrogen and oxygen atoms in total. The maximum Gasteiger partial charge on any atom is 2.00 e. The van der Waals surface area contributed by atoms with Crippen molar-refractivity contribution < 1.29 is 19.8 Å². The smallest absolute Gasteiger partial charge is 0.549 e. The summed E-state index contributed by atoms with van der Waals surface area (Å²) in [6.07, 6.45) is 4.46. The Hall–Kier alpha value is 0.900. The van der Waals surface area contributed by atoms with Gasteiger partial charge in [0.05, 0.1) is 22.4 Å². The summed E-state index contributed by atoms with van der Waals surface area (Å²) in [7, 11) is 2.18. The maximum absolute atomic E-state index is 10.9. The summed E-state index contributed by atoms with van der Waals surface area (Å²) in [5.74, 6) is -2.23. The summed E-state index contributed by atoms with van der Waals surface area (Å²) in [5, 5.41) is 20.5. The molecule has 0 aromatic rings. The number of unbranched alkanes of at least 4 members (excludes halogenated alkanes) is 2. The second-order valence-corrected chi connectivity index (χ2v) is 6.77. The van der Waals surface area contributed by atoms with Gasteiger partial charge in [0.15, 0.2) is 0 Å². The van der Waals surface area contributed by atoms with Gasteiger partial charge >= 0.3 is 37.7 Å². The van der Waals surface area contributed by atoms with Gasteiger partial charge in [0.2, 0.25) is 0 Å². The normalized spacial score (nSPS) is 13.4. The summed E-state index contributed by atoms with van der Waals surface area (Å²) < 4.78 is 0. The molecule has 0 saturated carbocycles. The second-order valence-electron chi connectivity index (χ2n) is 4.09. The first-order chi connectivity index (χ1) is 8.52. The number of carboxylic acids is 2. The Bertz CT molecular complexity index is 238. The van der Waals surface area contributed by atoms with Crippen LogP contribution in [-0.2, 0) is 9.59 Å². The van der Waals surface area contributed by atoms with E-state index in [1.807, 2.05) is 13.8 Å². The van der Waals surface area contributed by atoms with E-state index in [-0.39, 0.29) is 37.7 Å². The summed E-state index contributed by atoms with van der Waals surface area (Å²) in [6, 6.07) is 0. The van der Waals surface area contributed by atoms with E-state index in [0.29, 0.717) is 12.8 Å². The van der Waals surface area contributed by atoms with Gasteiger partial charge in [0.25, 0.3) is 0 Å². The van der Waals surface area contributed by atoms with E-state index >= 15 is 0 Å². The van der Waals surface area contributed by atoms with Gasteiger partial charge in [0, 0.05) is 0 Å². The van der Waals surface area contributed by atoms with Gasteiger partial charge in [-0.1, -0.05) is 61.1 Å². The monoisotopic (exact) mass is 332 g/mol. The molecule has 7 heteroatoms. The third-order valence-corrected chi connectivity index (χ3v) is 5.61. The first-order valence-corrected chi connectivity index (χ1v) is 8.54. The number of carbonyl (C=O) groups excluding carboxylic acids is 2. The largest absolute Gasteiger partial charge is 2.00 e. The van der Waals surface area contributed by atoms with Crippen molar-refractivity contribution in [2.24, 2.45) is 0 Å². The van der Waals surface area contributed by atoms with Crippen LogP contribution in [0.25, 0.3) is 0 Å². The minimum Gasteiger partial charge on any atom is -0.549 e. The van der Waals surface area contributed by atoms with Crippen LogP contribution in [0, 0.1) is 0 Å². The van der Waals surface area contributed by atoms with Gasteiger partial charge in [-0.25, -0.2) is 0 Å². The summed E-state index contributed by atoms with van der Waals surface area (Å²) >= 11 is 0. The van der Waals surface area contributed by atoms with E-state index in [1.54, 1.807) is 0 Å². The van der Waals surface area contributed by atoms with Gasteiger partial charge < -0.3 is 19.8 Å². The van der Waals surface area contributed by atoms with E-state index in [2.05, 4.69) is 0 Å². The Labute approximate surface area is 152 Å². The molecule has 0 heterocycles.